The first-order valence-electron chi connectivity index (χ1n) is 7.64. The van der Waals surface area contributed by atoms with Crippen LogP contribution in [-0.2, 0) is 6.54 Å². The van der Waals surface area contributed by atoms with E-state index in [-0.39, 0.29) is 5.43 Å². The summed E-state index contributed by atoms with van der Waals surface area (Å²) in [5.74, 6) is 0. The predicted molar refractivity (Wildman–Crippen MR) is 91.9 cm³/mol. The molecule has 0 amide bonds. The van der Waals surface area contributed by atoms with Crippen LogP contribution in [0, 0.1) is 0 Å². The van der Waals surface area contributed by atoms with Crippen LogP contribution in [0.25, 0.3) is 22.3 Å². The highest BCUT2D eigenvalue weighted by Gasteiger charge is 2.11. The minimum atomic E-state index is 0.0877. The van der Waals surface area contributed by atoms with Gasteiger partial charge in [0.1, 0.15) is 0 Å². The Bertz CT molecular complexity index is 740. The Balaban J connectivity index is 2.23. The topological polar surface area (TPSA) is 22.0 Å². The van der Waals surface area contributed by atoms with E-state index in [1.807, 2.05) is 73.1 Å². The first-order valence-corrected chi connectivity index (χ1v) is 7.64. The van der Waals surface area contributed by atoms with Crippen LogP contribution >= 0.6 is 0 Å². The monoisotopic (exact) mass is 289 g/mol. The van der Waals surface area contributed by atoms with E-state index in [0.29, 0.717) is 0 Å². The molecular weight excluding hydrogens is 270 g/mol. The Hall–Kier alpha value is -2.61. The molecule has 3 aromatic rings. The highest BCUT2D eigenvalue weighted by atomic mass is 16.1. The zero-order chi connectivity index (χ0) is 15.4. The van der Waals surface area contributed by atoms with Gasteiger partial charge in [-0.15, -0.1) is 0 Å². The van der Waals surface area contributed by atoms with E-state index in [4.69, 9.17) is 0 Å². The molecule has 0 spiro atoms. The van der Waals surface area contributed by atoms with Crippen molar-refractivity contribution in [3.63, 3.8) is 0 Å². The van der Waals surface area contributed by atoms with Gasteiger partial charge in [0.25, 0.3) is 0 Å². The van der Waals surface area contributed by atoms with Gasteiger partial charge in [-0.05, 0) is 17.5 Å². The average molecular weight is 289 g/mol. The Morgan fingerprint density at radius 1 is 0.773 bits per heavy atom. The quantitative estimate of drug-likeness (QED) is 0.688. The van der Waals surface area contributed by atoms with Crippen LogP contribution in [0.3, 0.4) is 0 Å². The summed E-state index contributed by atoms with van der Waals surface area (Å²) in [6.07, 6.45) is 4.96. The first-order chi connectivity index (χ1) is 10.8. The molecule has 0 N–H and O–H groups in total. The van der Waals surface area contributed by atoms with E-state index in [1.165, 1.54) is 0 Å². The minimum absolute atomic E-state index is 0.0877. The SMILES string of the molecule is CCCn1cc(-c2ccccc2)c(=O)c(-c2ccccc2)c1. The molecule has 0 saturated heterocycles. The van der Waals surface area contributed by atoms with Gasteiger partial charge in [-0.25, -0.2) is 0 Å². The first kappa shape index (κ1) is 14.3. The van der Waals surface area contributed by atoms with Gasteiger partial charge < -0.3 is 4.57 Å². The summed E-state index contributed by atoms with van der Waals surface area (Å²) in [5.41, 5.74) is 3.54. The lowest BCUT2D eigenvalue weighted by atomic mass is 10.0. The highest BCUT2D eigenvalue weighted by Crippen LogP contribution is 2.21. The molecule has 1 aromatic heterocycles. The Labute approximate surface area is 130 Å². The van der Waals surface area contributed by atoms with E-state index in [0.717, 1.165) is 35.2 Å². The summed E-state index contributed by atoms with van der Waals surface area (Å²) in [5, 5.41) is 0. The van der Waals surface area contributed by atoms with E-state index in [2.05, 4.69) is 11.5 Å². The van der Waals surface area contributed by atoms with Crippen LogP contribution in [0.4, 0.5) is 0 Å². The van der Waals surface area contributed by atoms with Gasteiger partial charge >= 0.3 is 0 Å². The molecule has 0 fully saturated rings. The summed E-state index contributed by atoms with van der Waals surface area (Å²) in [7, 11) is 0. The van der Waals surface area contributed by atoms with Crippen molar-refractivity contribution in [1.29, 1.82) is 0 Å². The largest absolute Gasteiger partial charge is 0.353 e. The van der Waals surface area contributed by atoms with Gasteiger partial charge in [0.2, 0.25) is 0 Å². The number of aromatic nitrogens is 1. The van der Waals surface area contributed by atoms with Crippen molar-refractivity contribution in [3.05, 3.63) is 83.3 Å². The standard InChI is InChI=1S/C20H19NO/c1-2-13-21-14-18(16-9-5-3-6-10-16)20(22)19(15-21)17-11-7-4-8-12-17/h3-12,14-15H,2,13H2,1H3. The molecule has 0 bridgehead atoms. The summed E-state index contributed by atoms with van der Waals surface area (Å²) < 4.78 is 2.12. The molecule has 0 aliphatic heterocycles. The van der Waals surface area contributed by atoms with Crippen molar-refractivity contribution in [3.8, 4) is 22.3 Å². The summed E-state index contributed by atoms with van der Waals surface area (Å²) in [4.78, 5) is 12.9. The molecule has 0 atom stereocenters. The van der Waals surface area contributed by atoms with Crippen LogP contribution in [-0.4, -0.2) is 4.57 Å². The molecule has 2 nitrogen and oxygen atoms in total. The van der Waals surface area contributed by atoms with Crippen LogP contribution < -0.4 is 5.43 Å². The molecule has 2 heteroatoms. The maximum absolute atomic E-state index is 12.9. The smallest absolute Gasteiger partial charge is 0.197 e. The van der Waals surface area contributed by atoms with Crippen molar-refractivity contribution < 1.29 is 0 Å². The normalized spacial score (nSPS) is 10.6. The second kappa shape index (κ2) is 6.44. The van der Waals surface area contributed by atoms with Gasteiger partial charge in [0.15, 0.2) is 5.43 Å². The molecule has 1 heterocycles. The average Bonchev–Trinajstić information content (AvgIpc) is 2.58. The number of pyridine rings is 1. The predicted octanol–water partition coefficient (Wildman–Crippen LogP) is 4.59. The molecule has 0 aliphatic carbocycles. The number of aryl methyl sites for hydroxylation is 1. The van der Waals surface area contributed by atoms with Gasteiger partial charge in [-0.2, -0.15) is 0 Å². The van der Waals surface area contributed by atoms with E-state index >= 15 is 0 Å². The second-order valence-electron chi connectivity index (χ2n) is 5.38. The fourth-order valence-corrected chi connectivity index (χ4v) is 2.67. The van der Waals surface area contributed by atoms with Crippen molar-refractivity contribution in [1.82, 2.24) is 4.57 Å². The number of rotatable bonds is 4. The molecule has 3 rings (SSSR count). The minimum Gasteiger partial charge on any atom is -0.353 e. The Kier molecular flexibility index (Phi) is 4.19. The third kappa shape index (κ3) is 2.86. The zero-order valence-electron chi connectivity index (χ0n) is 12.7. The summed E-state index contributed by atoms with van der Waals surface area (Å²) >= 11 is 0. The fraction of sp³-hybridized carbons (Fsp3) is 0.150. The van der Waals surface area contributed by atoms with E-state index in [9.17, 15) is 4.79 Å². The van der Waals surface area contributed by atoms with Crippen molar-refractivity contribution in [2.24, 2.45) is 0 Å². The van der Waals surface area contributed by atoms with Gasteiger partial charge in [-0.1, -0.05) is 67.6 Å². The van der Waals surface area contributed by atoms with Crippen molar-refractivity contribution >= 4 is 0 Å². The fourth-order valence-electron chi connectivity index (χ4n) is 2.67. The molecular formula is C20H19NO. The molecule has 0 radical (unpaired) electrons. The summed E-state index contributed by atoms with van der Waals surface area (Å²) in [6, 6.07) is 19.8. The van der Waals surface area contributed by atoms with Crippen LogP contribution in [0.15, 0.2) is 77.9 Å². The molecule has 2 aromatic carbocycles. The van der Waals surface area contributed by atoms with Crippen LogP contribution in [0.5, 0.6) is 0 Å². The van der Waals surface area contributed by atoms with Crippen molar-refractivity contribution in [2.75, 3.05) is 0 Å². The maximum atomic E-state index is 12.9. The van der Waals surface area contributed by atoms with Crippen molar-refractivity contribution in [2.45, 2.75) is 19.9 Å². The van der Waals surface area contributed by atoms with E-state index in [1.54, 1.807) is 0 Å². The van der Waals surface area contributed by atoms with Crippen LogP contribution in [0.2, 0.25) is 0 Å². The molecule has 0 saturated carbocycles. The molecule has 22 heavy (non-hydrogen) atoms. The van der Waals surface area contributed by atoms with Gasteiger partial charge in [-0.3, -0.25) is 4.79 Å². The third-order valence-corrected chi connectivity index (χ3v) is 3.73. The van der Waals surface area contributed by atoms with Gasteiger partial charge in [0.05, 0.1) is 0 Å². The number of nitrogens with zero attached hydrogens (tertiary/aromatic N) is 1. The van der Waals surface area contributed by atoms with Gasteiger partial charge in [0, 0.05) is 30.1 Å². The lowest BCUT2D eigenvalue weighted by molar-refractivity contribution is 0.675. The molecule has 0 unspecified atom stereocenters. The molecule has 0 aliphatic rings. The zero-order valence-corrected chi connectivity index (χ0v) is 12.7. The van der Waals surface area contributed by atoms with E-state index < -0.39 is 0 Å². The molecule has 110 valence electrons. The van der Waals surface area contributed by atoms with Crippen LogP contribution in [0.1, 0.15) is 13.3 Å². The number of benzene rings is 2. The lowest BCUT2D eigenvalue weighted by Gasteiger charge is -2.12. The Morgan fingerprint density at radius 3 is 1.64 bits per heavy atom. The number of hydrogen-bond acceptors (Lipinski definition) is 1. The Morgan fingerprint density at radius 2 is 1.23 bits per heavy atom. The third-order valence-electron chi connectivity index (χ3n) is 3.73. The lowest BCUT2D eigenvalue weighted by Crippen LogP contribution is -2.13. The second-order valence-corrected chi connectivity index (χ2v) is 5.38. The number of hydrogen-bond donors (Lipinski definition) is 0. The highest BCUT2D eigenvalue weighted by molar-refractivity contribution is 5.71. The maximum Gasteiger partial charge on any atom is 0.197 e. The summed E-state index contributed by atoms with van der Waals surface area (Å²) in [6.45, 7) is 3.04.